The molecule has 1 aliphatic carbocycles. The van der Waals surface area contributed by atoms with Crippen molar-refractivity contribution in [2.24, 2.45) is 17.6 Å². The van der Waals surface area contributed by atoms with Gasteiger partial charge in [-0.05, 0) is 31.7 Å². The lowest BCUT2D eigenvalue weighted by Crippen LogP contribution is -2.38. The average Bonchev–Trinajstić information content (AvgIpc) is 2.16. The number of nitrogens with one attached hydrogen (secondary N) is 1. The molecule has 1 fully saturated rings. The third-order valence-corrected chi connectivity index (χ3v) is 3.37. The van der Waals surface area contributed by atoms with E-state index in [1.165, 1.54) is 32.2 Å². The van der Waals surface area contributed by atoms with Crippen molar-refractivity contribution in [3.05, 3.63) is 0 Å². The van der Waals surface area contributed by atoms with Gasteiger partial charge in [0.1, 0.15) is 0 Å². The molecule has 0 radical (unpaired) electrons. The summed E-state index contributed by atoms with van der Waals surface area (Å²) in [4.78, 5) is 0. The molecule has 0 aliphatic heterocycles. The van der Waals surface area contributed by atoms with Gasteiger partial charge in [0.05, 0.1) is 0 Å². The van der Waals surface area contributed by atoms with Crippen molar-refractivity contribution < 1.29 is 0 Å². The fraction of sp³-hybridized carbons (Fsp3) is 1.00. The molecule has 1 saturated carbocycles. The standard InChI is InChI=1S/C11H24N2/c1-9-5-3-4-6-11(9)8-13-10(2)7-12/h9-11,13H,3-8,12H2,1-2H3. The molecule has 0 bridgehead atoms. The Morgan fingerprint density at radius 1 is 1.38 bits per heavy atom. The summed E-state index contributed by atoms with van der Waals surface area (Å²) in [5, 5.41) is 3.51. The molecule has 2 heteroatoms. The molecular formula is C11H24N2. The molecule has 0 amide bonds. The molecule has 3 unspecified atom stereocenters. The van der Waals surface area contributed by atoms with Gasteiger partial charge in [-0.15, -0.1) is 0 Å². The van der Waals surface area contributed by atoms with Crippen molar-refractivity contribution in [1.82, 2.24) is 5.32 Å². The highest BCUT2D eigenvalue weighted by Crippen LogP contribution is 2.28. The van der Waals surface area contributed by atoms with E-state index in [1.54, 1.807) is 0 Å². The normalized spacial score (nSPS) is 31.6. The van der Waals surface area contributed by atoms with E-state index >= 15 is 0 Å². The number of nitrogens with two attached hydrogens (primary N) is 1. The maximum Gasteiger partial charge on any atom is 0.0162 e. The number of hydrogen-bond acceptors (Lipinski definition) is 2. The summed E-state index contributed by atoms with van der Waals surface area (Å²) in [7, 11) is 0. The highest BCUT2D eigenvalue weighted by atomic mass is 14.9. The summed E-state index contributed by atoms with van der Waals surface area (Å²) in [6.45, 7) is 6.47. The molecule has 0 saturated heterocycles. The number of rotatable bonds is 4. The van der Waals surface area contributed by atoms with Crippen molar-refractivity contribution in [2.75, 3.05) is 13.1 Å². The molecule has 0 aromatic carbocycles. The third kappa shape index (κ3) is 3.65. The van der Waals surface area contributed by atoms with Crippen molar-refractivity contribution in [1.29, 1.82) is 0 Å². The predicted octanol–water partition coefficient (Wildman–Crippen LogP) is 1.75. The van der Waals surface area contributed by atoms with Gasteiger partial charge >= 0.3 is 0 Å². The molecule has 2 nitrogen and oxygen atoms in total. The van der Waals surface area contributed by atoms with Crippen LogP contribution in [-0.4, -0.2) is 19.1 Å². The second-order valence-electron chi connectivity index (χ2n) is 4.57. The van der Waals surface area contributed by atoms with Crippen molar-refractivity contribution >= 4 is 0 Å². The van der Waals surface area contributed by atoms with E-state index < -0.39 is 0 Å². The molecule has 1 rings (SSSR count). The summed E-state index contributed by atoms with van der Waals surface area (Å²) in [6, 6.07) is 0.481. The van der Waals surface area contributed by atoms with E-state index in [1.807, 2.05) is 0 Å². The zero-order chi connectivity index (χ0) is 9.68. The zero-order valence-electron chi connectivity index (χ0n) is 9.05. The van der Waals surface area contributed by atoms with Gasteiger partial charge < -0.3 is 11.1 Å². The first-order valence-corrected chi connectivity index (χ1v) is 5.67. The maximum atomic E-state index is 5.56. The van der Waals surface area contributed by atoms with Crippen LogP contribution in [0.25, 0.3) is 0 Å². The minimum atomic E-state index is 0.481. The fourth-order valence-electron chi connectivity index (χ4n) is 2.13. The molecule has 3 N–H and O–H groups in total. The molecule has 13 heavy (non-hydrogen) atoms. The van der Waals surface area contributed by atoms with E-state index in [9.17, 15) is 0 Å². The minimum absolute atomic E-state index is 0.481. The van der Waals surface area contributed by atoms with Crippen molar-refractivity contribution in [3.63, 3.8) is 0 Å². The molecule has 0 spiro atoms. The summed E-state index contributed by atoms with van der Waals surface area (Å²) in [5.74, 6) is 1.80. The van der Waals surface area contributed by atoms with E-state index in [0.29, 0.717) is 6.04 Å². The Bertz CT molecular complexity index is 136. The van der Waals surface area contributed by atoms with Gasteiger partial charge in [-0.3, -0.25) is 0 Å². The molecule has 0 heterocycles. The Labute approximate surface area is 82.3 Å². The van der Waals surface area contributed by atoms with Crippen molar-refractivity contribution in [3.8, 4) is 0 Å². The topological polar surface area (TPSA) is 38.0 Å². The number of hydrogen-bond donors (Lipinski definition) is 2. The summed E-state index contributed by atoms with van der Waals surface area (Å²) >= 11 is 0. The van der Waals surface area contributed by atoms with Crippen LogP contribution in [0.4, 0.5) is 0 Å². The van der Waals surface area contributed by atoms with Crippen LogP contribution in [0.1, 0.15) is 39.5 Å². The van der Waals surface area contributed by atoms with Crippen molar-refractivity contribution in [2.45, 2.75) is 45.6 Å². The van der Waals surface area contributed by atoms with Crippen LogP contribution < -0.4 is 11.1 Å². The van der Waals surface area contributed by atoms with Gasteiger partial charge in [0.2, 0.25) is 0 Å². The van der Waals surface area contributed by atoms with Crippen LogP contribution in [-0.2, 0) is 0 Å². The third-order valence-electron chi connectivity index (χ3n) is 3.37. The second kappa shape index (κ2) is 5.61. The van der Waals surface area contributed by atoms with Crippen LogP contribution >= 0.6 is 0 Å². The highest BCUT2D eigenvalue weighted by molar-refractivity contribution is 4.75. The van der Waals surface area contributed by atoms with Gasteiger partial charge in [-0.25, -0.2) is 0 Å². The first kappa shape index (κ1) is 11.0. The van der Waals surface area contributed by atoms with E-state index in [-0.39, 0.29) is 0 Å². The SMILES string of the molecule is CC(CN)NCC1CCCCC1C. The summed E-state index contributed by atoms with van der Waals surface area (Å²) in [5.41, 5.74) is 5.56. The monoisotopic (exact) mass is 184 g/mol. The molecular weight excluding hydrogens is 160 g/mol. The van der Waals surface area contributed by atoms with Crippen LogP contribution in [0.3, 0.4) is 0 Å². The quantitative estimate of drug-likeness (QED) is 0.698. The lowest BCUT2D eigenvalue weighted by molar-refractivity contribution is 0.242. The molecule has 0 aromatic heterocycles. The van der Waals surface area contributed by atoms with Crippen LogP contribution in [0.15, 0.2) is 0 Å². The zero-order valence-corrected chi connectivity index (χ0v) is 9.05. The first-order chi connectivity index (χ1) is 6.24. The van der Waals surface area contributed by atoms with E-state index in [2.05, 4.69) is 19.2 Å². The molecule has 0 aromatic rings. The van der Waals surface area contributed by atoms with Gasteiger partial charge in [-0.1, -0.05) is 26.2 Å². The van der Waals surface area contributed by atoms with E-state index in [4.69, 9.17) is 5.73 Å². The second-order valence-corrected chi connectivity index (χ2v) is 4.57. The summed E-state index contributed by atoms with van der Waals surface area (Å²) in [6.07, 6.45) is 5.69. The van der Waals surface area contributed by atoms with Gasteiger partial charge in [0.25, 0.3) is 0 Å². The Hall–Kier alpha value is -0.0800. The molecule has 78 valence electrons. The smallest absolute Gasteiger partial charge is 0.0162 e. The van der Waals surface area contributed by atoms with Crippen LogP contribution in [0.2, 0.25) is 0 Å². The largest absolute Gasteiger partial charge is 0.329 e. The Morgan fingerprint density at radius 2 is 2.08 bits per heavy atom. The Balaban J connectivity index is 2.18. The van der Waals surface area contributed by atoms with Crippen LogP contribution in [0.5, 0.6) is 0 Å². The lowest BCUT2D eigenvalue weighted by Gasteiger charge is -2.29. The molecule has 1 aliphatic rings. The summed E-state index contributed by atoms with van der Waals surface area (Å²) < 4.78 is 0. The van der Waals surface area contributed by atoms with Crippen LogP contribution in [0, 0.1) is 11.8 Å². The predicted molar refractivity (Wildman–Crippen MR) is 57.6 cm³/mol. The van der Waals surface area contributed by atoms with Gasteiger partial charge in [0.15, 0.2) is 0 Å². The molecule has 3 atom stereocenters. The first-order valence-electron chi connectivity index (χ1n) is 5.67. The fourth-order valence-corrected chi connectivity index (χ4v) is 2.13. The lowest BCUT2D eigenvalue weighted by atomic mass is 9.80. The van der Waals surface area contributed by atoms with Gasteiger partial charge in [-0.2, -0.15) is 0 Å². The van der Waals surface area contributed by atoms with Gasteiger partial charge in [0, 0.05) is 12.6 Å². The Kier molecular flexibility index (Phi) is 4.74. The highest BCUT2D eigenvalue weighted by Gasteiger charge is 2.20. The van der Waals surface area contributed by atoms with E-state index in [0.717, 1.165) is 18.4 Å². The average molecular weight is 184 g/mol. The Morgan fingerprint density at radius 3 is 2.69 bits per heavy atom. The maximum absolute atomic E-state index is 5.56. The minimum Gasteiger partial charge on any atom is -0.329 e.